The fourth-order valence-electron chi connectivity index (χ4n) is 2.09. The highest BCUT2D eigenvalue weighted by molar-refractivity contribution is 7.92. The molecule has 2 rings (SSSR count). The summed E-state index contributed by atoms with van der Waals surface area (Å²) in [7, 11) is -2.15. The molecule has 0 atom stereocenters. The summed E-state index contributed by atoms with van der Waals surface area (Å²) >= 11 is 0. The first-order chi connectivity index (χ1) is 11.4. The SMILES string of the molecule is CCCOC(=O)c1ccc(N(C)S(=O)(=O)c2ccc(C)cc2)cc1. The minimum Gasteiger partial charge on any atom is -0.462 e. The maximum absolute atomic E-state index is 12.6. The largest absolute Gasteiger partial charge is 0.462 e. The Kier molecular flexibility index (Phi) is 5.62. The summed E-state index contributed by atoms with van der Waals surface area (Å²) in [4.78, 5) is 12.0. The second-order valence-corrected chi connectivity index (χ2v) is 7.44. The van der Waals surface area contributed by atoms with Crippen LogP contribution in [-0.4, -0.2) is 28.0 Å². The van der Waals surface area contributed by atoms with E-state index in [-0.39, 0.29) is 4.90 Å². The van der Waals surface area contributed by atoms with E-state index in [9.17, 15) is 13.2 Å². The van der Waals surface area contributed by atoms with Gasteiger partial charge in [0.2, 0.25) is 0 Å². The average Bonchev–Trinajstić information content (AvgIpc) is 2.59. The quantitative estimate of drug-likeness (QED) is 0.752. The van der Waals surface area contributed by atoms with Crippen LogP contribution >= 0.6 is 0 Å². The summed E-state index contributed by atoms with van der Waals surface area (Å²) in [6.45, 7) is 4.18. The minimum atomic E-state index is -3.64. The molecule has 0 saturated heterocycles. The Hall–Kier alpha value is -2.34. The van der Waals surface area contributed by atoms with Gasteiger partial charge in [-0.2, -0.15) is 0 Å². The molecule has 5 nitrogen and oxygen atoms in total. The number of ether oxygens (including phenoxy) is 1. The number of esters is 1. The van der Waals surface area contributed by atoms with Crippen LogP contribution < -0.4 is 4.31 Å². The van der Waals surface area contributed by atoms with E-state index < -0.39 is 16.0 Å². The van der Waals surface area contributed by atoms with Crippen molar-refractivity contribution in [2.75, 3.05) is 18.0 Å². The smallest absolute Gasteiger partial charge is 0.338 e. The molecule has 24 heavy (non-hydrogen) atoms. The molecule has 0 aromatic heterocycles. The van der Waals surface area contributed by atoms with E-state index in [0.717, 1.165) is 12.0 Å². The van der Waals surface area contributed by atoms with Crippen molar-refractivity contribution in [2.45, 2.75) is 25.2 Å². The van der Waals surface area contributed by atoms with Crippen LogP contribution in [0.5, 0.6) is 0 Å². The van der Waals surface area contributed by atoms with Crippen molar-refractivity contribution in [3.05, 3.63) is 59.7 Å². The third-order valence-electron chi connectivity index (χ3n) is 3.58. The van der Waals surface area contributed by atoms with Gasteiger partial charge in [0.05, 0.1) is 22.8 Å². The number of carbonyl (C=O) groups excluding carboxylic acids is 1. The predicted octanol–water partition coefficient (Wildman–Crippen LogP) is 3.39. The van der Waals surface area contributed by atoms with Gasteiger partial charge in [0.1, 0.15) is 0 Å². The second-order valence-electron chi connectivity index (χ2n) is 5.47. The third kappa shape index (κ3) is 3.94. The van der Waals surface area contributed by atoms with Crippen LogP contribution in [0.25, 0.3) is 0 Å². The number of rotatable bonds is 6. The standard InChI is InChI=1S/C18H21NO4S/c1-4-13-23-18(20)15-7-9-16(10-8-15)19(3)24(21,22)17-11-5-14(2)6-12-17/h5-12H,4,13H2,1-3H3. The van der Waals surface area contributed by atoms with Gasteiger partial charge in [-0.25, -0.2) is 13.2 Å². The van der Waals surface area contributed by atoms with E-state index in [1.807, 2.05) is 13.8 Å². The average molecular weight is 347 g/mol. The van der Waals surface area contributed by atoms with E-state index in [0.29, 0.717) is 17.9 Å². The molecular weight excluding hydrogens is 326 g/mol. The van der Waals surface area contributed by atoms with Gasteiger partial charge in [0.25, 0.3) is 10.0 Å². The van der Waals surface area contributed by atoms with Crippen LogP contribution in [0.15, 0.2) is 53.4 Å². The Labute approximate surface area is 142 Å². The van der Waals surface area contributed by atoms with Gasteiger partial charge in [0.15, 0.2) is 0 Å². The molecule has 128 valence electrons. The molecule has 0 aliphatic carbocycles. The molecule has 0 bridgehead atoms. The number of hydrogen-bond acceptors (Lipinski definition) is 4. The summed E-state index contributed by atoms with van der Waals surface area (Å²) in [5, 5.41) is 0. The normalized spacial score (nSPS) is 11.1. The summed E-state index contributed by atoms with van der Waals surface area (Å²) in [6.07, 6.45) is 0.751. The first-order valence-corrected chi connectivity index (χ1v) is 9.13. The fourth-order valence-corrected chi connectivity index (χ4v) is 3.29. The number of aryl methyl sites for hydroxylation is 1. The van der Waals surface area contributed by atoms with Gasteiger partial charge in [0, 0.05) is 7.05 Å². The van der Waals surface area contributed by atoms with Gasteiger partial charge >= 0.3 is 5.97 Å². The molecule has 0 aliphatic rings. The van der Waals surface area contributed by atoms with Gasteiger partial charge in [-0.1, -0.05) is 24.6 Å². The first-order valence-electron chi connectivity index (χ1n) is 7.69. The van der Waals surface area contributed by atoms with E-state index in [2.05, 4.69) is 0 Å². The number of carbonyl (C=O) groups is 1. The van der Waals surface area contributed by atoms with Crippen LogP contribution in [0, 0.1) is 6.92 Å². The van der Waals surface area contributed by atoms with Crippen LogP contribution in [0.2, 0.25) is 0 Å². The van der Waals surface area contributed by atoms with E-state index in [1.165, 1.54) is 11.4 Å². The van der Waals surface area contributed by atoms with Gasteiger partial charge < -0.3 is 4.74 Å². The van der Waals surface area contributed by atoms with E-state index >= 15 is 0 Å². The zero-order chi connectivity index (χ0) is 17.7. The van der Waals surface area contributed by atoms with Crippen molar-refractivity contribution in [2.24, 2.45) is 0 Å². The van der Waals surface area contributed by atoms with Crippen molar-refractivity contribution < 1.29 is 17.9 Å². The number of anilines is 1. The lowest BCUT2D eigenvalue weighted by atomic mass is 10.2. The molecule has 6 heteroatoms. The fraction of sp³-hybridized carbons (Fsp3) is 0.278. The third-order valence-corrected chi connectivity index (χ3v) is 5.38. The highest BCUT2D eigenvalue weighted by atomic mass is 32.2. The second kappa shape index (κ2) is 7.49. The molecule has 0 radical (unpaired) electrons. The Morgan fingerprint density at radius 1 is 1.04 bits per heavy atom. The minimum absolute atomic E-state index is 0.224. The molecule has 0 saturated carbocycles. The van der Waals surface area contributed by atoms with Crippen molar-refractivity contribution in [1.82, 2.24) is 0 Å². The molecule has 2 aromatic carbocycles. The van der Waals surface area contributed by atoms with Crippen LogP contribution in [0.4, 0.5) is 5.69 Å². The topological polar surface area (TPSA) is 63.7 Å². The maximum Gasteiger partial charge on any atom is 0.338 e. The molecule has 0 spiro atoms. The molecule has 2 aromatic rings. The maximum atomic E-state index is 12.6. The van der Waals surface area contributed by atoms with E-state index in [1.54, 1.807) is 48.5 Å². The van der Waals surface area contributed by atoms with Crippen molar-refractivity contribution in [3.63, 3.8) is 0 Å². The summed E-state index contributed by atoms with van der Waals surface area (Å²) in [5.74, 6) is -0.410. The molecule has 0 amide bonds. The zero-order valence-electron chi connectivity index (χ0n) is 14.0. The zero-order valence-corrected chi connectivity index (χ0v) is 14.8. The van der Waals surface area contributed by atoms with Crippen LogP contribution in [0.1, 0.15) is 29.3 Å². The van der Waals surface area contributed by atoms with Crippen molar-refractivity contribution in [1.29, 1.82) is 0 Å². The first kappa shape index (κ1) is 18.0. The van der Waals surface area contributed by atoms with Gasteiger partial charge in [-0.05, 0) is 49.7 Å². The van der Waals surface area contributed by atoms with Crippen LogP contribution in [-0.2, 0) is 14.8 Å². The lowest BCUT2D eigenvalue weighted by Crippen LogP contribution is -2.26. The molecule has 0 heterocycles. The molecule has 0 fully saturated rings. The molecule has 0 N–H and O–H groups in total. The summed E-state index contributed by atoms with van der Waals surface area (Å²) in [6, 6.07) is 13.0. The number of nitrogens with zero attached hydrogens (tertiary/aromatic N) is 1. The Morgan fingerprint density at radius 3 is 2.17 bits per heavy atom. The summed E-state index contributed by atoms with van der Waals surface area (Å²) in [5.41, 5.74) is 1.86. The van der Waals surface area contributed by atoms with Crippen molar-refractivity contribution >= 4 is 21.7 Å². The Bertz CT molecular complexity index is 796. The number of hydrogen-bond donors (Lipinski definition) is 0. The highest BCUT2D eigenvalue weighted by Crippen LogP contribution is 2.22. The highest BCUT2D eigenvalue weighted by Gasteiger charge is 2.21. The Balaban J connectivity index is 2.21. The molecule has 0 aliphatic heterocycles. The lowest BCUT2D eigenvalue weighted by molar-refractivity contribution is 0.0505. The number of benzene rings is 2. The monoisotopic (exact) mass is 347 g/mol. The lowest BCUT2D eigenvalue weighted by Gasteiger charge is -2.19. The molecule has 0 unspecified atom stereocenters. The van der Waals surface area contributed by atoms with Crippen molar-refractivity contribution in [3.8, 4) is 0 Å². The predicted molar refractivity (Wildman–Crippen MR) is 93.8 cm³/mol. The van der Waals surface area contributed by atoms with Gasteiger partial charge in [-0.3, -0.25) is 4.31 Å². The van der Waals surface area contributed by atoms with Crippen LogP contribution in [0.3, 0.4) is 0 Å². The number of sulfonamides is 1. The Morgan fingerprint density at radius 2 is 1.62 bits per heavy atom. The van der Waals surface area contributed by atoms with Gasteiger partial charge in [-0.15, -0.1) is 0 Å². The summed E-state index contributed by atoms with van der Waals surface area (Å²) < 4.78 is 31.5. The molecular formula is C18H21NO4S. The van der Waals surface area contributed by atoms with E-state index in [4.69, 9.17) is 4.74 Å².